The van der Waals surface area contributed by atoms with Crippen LogP contribution in [-0.2, 0) is 21.2 Å². The summed E-state index contributed by atoms with van der Waals surface area (Å²) < 4.78 is 31.6. The van der Waals surface area contributed by atoms with Gasteiger partial charge in [-0.3, -0.25) is 9.10 Å². The van der Waals surface area contributed by atoms with E-state index in [1.54, 1.807) is 12.1 Å². The fraction of sp³-hybridized carbons (Fsp3) is 0.381. The number of rotatable bonds is 5. The molecule has 0 fully saturated rings. The van der Waals surface area contributed by atoms with Gasteiger partial charge < -0.3 is 10.1 Å². The number of aryl methyl sites for hydroxylation is 1. The summed E-state index contributed by atoms with van der Waals surface area (Å²) in [7, 11) is -3.54. The second kappa shape index (κ2) is 8.63. The van der Waals surface area contributed by atoms with Crippen molar-refractivity contribution < 1.29 is 17.9 Å². The molecule has 0 bridgehead atoms. The van der Waals surface area contributed by atoms with Crippen molar-refractivity contribution in [1.82, 2.24) is 5.32 Å². The Morgan fingerprint density at radius 2 is 1.97 bits per heavy atom. The molecule has 0 unspecified atom stereocenters. The van der Waals surface area contributed by atoms with E-state index in [2.05, 4.69) is 12.2 Å². The summed E-state index contributed by atoms with van der Waals surface area (Å²) in [6.45, 7) is 4.13. The molecule has 29 heavy (non-hydrogen) atoms. The van der Waals surface area contributed by atoms with Crippen molar-refractivity contribution in [2.45, 2.75) is 38.8 Å². The maximum atomic E-state index is 12.9. The molecule has 0 aliphatic carbocycles. The minimum atomic E-state index is -3.54. The molecule has 8 heteroatoms. The van der Waals surface area contributed by atoms with E-state index in [1.165, 1.54) is 15.9 Å². The van der Waals surface area contributed by atoms with Crippen molar-refractivity contribution in [3.05, 3.63) is 58.6 Å². The quantitative estimate of drug-likeness (QED) is 0.775. The Hall–Kier alpha value is -2.25. The third-order valence-electron chi connectivity index (χ3n) is 4.99. The Bertz CT molecular complexity index is 992. The fourth-order valence-electron chi connectivity index (χ4n) is 3.31. The zero-order valence-corrected chi connectivity index (χ0v) is 18.3. The molecule has 156 valence electrons. The van der Waals surface area contributed by atoms with Crippen LogP contribution in [0.2, 0.25) is 5.02 Å². The molecule has 1 heterocycles. The first-order chi connectivity index (χ1) is 13.7. The number of sulfonamides is 1. The monoisotopic (exact) mass is 436 g/mol. The molecule has 0 saturated heterocycles. The Labute approximate surface area is 176 Å². The third kappa shape index (κ3) is 5.03. The smallest absolute Gasteiger partial charge is 0.261 e. The summed E-state index contributed by atoms with van der Waals surface area (Å²) in [6.07, 6.45) is 1.50. The van der Waals surface area contributed by atoms with E-state index in [0.717, 1.165) is 18.2 Å². The number of ether oxygens (including phenoxy) is 1. The predicted octanol–water partition coefficient (Wildman–Crippen LogP) is 3.70. The lowest BCUT2D eigenvalue weighted by Gasteiger charge is -2.21. The average Bonchev–Trinajstić information content (AvgIpc) is 2.87. The number of halogens is 1. The first kappa shape index (κ1) is 21.5. The Morgan fingerprint density at radius 3 is 2.59 bits per heavy atom. The summed E-state index contributed by atoms with van der Waals surface area (Å²) in [4.78, 5) is 12.9. The molecule has 1 N–H and O–H groups in total. The molecule has 0 radical (unpaired) electrons. The summed E-state index contributed by atoms with van der Waals surface area (Å²) in [5.74, 6) is 0.0331. The van der Waals surface area contributed by atoms with Crippen molar-refractivity contribution in [1.29, 1.82) is 0 Å². The first-order valence-corrected chi connectivity index (χ1v) is 11.7. The second-order valence-electron chi connectivity index (χ2n) is 7.17. The van der Waals surface area contributed by atoms with Crippen LogP contribution in [0.1, 0.15) is 37.4 Å². The normalized spacial score (nSPS) is 17.7. The van der Waals surface area contributed by atoms with Gasteiger partial charge in [0.1, 0.15) is 5.75 Å². The van der Waals surface area contributed by atoms with Gasteiger partial charge in [-0.25, -0.2) is 8.42 Å². The Morgan fingerprint density at radius 1 is 1.28 bits per heavy atom. The van der Waals surface area contributed by atoms with Gasteiger partial charge in [-0.1, -0.05) is 42.8 Å². The number of hydrogen-bond acceptors (Lipinski definition) is 4. The molecule has 3 rings (SSSR count). The Kier molecular flexibility index (Phi) is 6.39. The topological polar surface area (TPSA) is 75.7 Å². The van der Waals surface area contributed by atoms with E-state index in [1.807, 2.05) is 31.2 Å². The number of hydrogen-bond donors (Lipinski definition) is 1. The molecule has 1 aliphatic heterocycles. The van der Waals surface area contributed by atoms with Gasteiger partial charge in [0.25, 0.3) is 5.91 Å². The van der Waals surface area contributed by atoms with Crippen molar-refractivity contribution in [2.75, 3.05) is 17.1 Å². The number of nitrogens with zero attached hydrogens (tertiary/aromatic N) is 1. The highest BCUT2D eigenvalue weighted by atomic mass is 35.5. The van der Waals surface area contributed by atoms with Gasteiger partial charge in [0, 0.05) is 18.0 Å². The largest absolute Gasteiger partial charge is 0.478 e. The number of fused-ring (bicyclic) bond motifs is 1. The molecular formula is C21H25ClN2O4S. The van der Waals surface area contributed by atoms with E-state index >= 15 is 0 Å². The van der Waals surface area contributed by atoms with Gasteiger partial charge in [0.2, 0.25) is 10.0 Å². The van der Waals surface area contributed by atoms with Crippen molar-refractivity contribution in [3.63, 3.8) is 0 Å². The van der Waals surface area contributed by atoms with Crippen LogP contribution in [0.5, 0.6) is 5.75 Å². The van der Waals surface area contributed by atoms with Crippen molar-refractivity contribution in [3.8, 4) is 5.75 Å². The summed E-state index contributed by atoms with van der Waals surface area (Å²) in [5, 5.41) is 3.37. The van der Waals surface area contributed by atoms with Crippen LogP contribution in [0, 0.1) is 0 Å². The molecular weight excluding hydrogens is 412 g/mol. The minimum absolute atomic E-state index is 0.129. The summed E-state index contributed by atoms with van der Waals surface area (Å²) in [5.41, 5.74) is 2.57. The second-order valence-corrected chi connectivity index (χ2v) is 9.51. The lowest BCUT2D eigenvalue weighted by molar-refractivity contribution is -0.128. The van der Waals surface area contributed by atoms with E-state index in [0.29, 0.717) is 16.5 Å². The number of nitrogens with one attached hydrogen (secondary N) is 1. The maximum absolute atomic E-state index is 12.9. The van der Waals surface area contributed by atoms with Crippen LogP contribution in [0.3, 0.4) is 0 Å². The number of carbonyl (C=O) groups excluding carboxylic acids is 1. The number of benzene rings is 2. The highest BCUT2D eigenvalue weighted by Gasteiger charge is 2.32. The highest BCUT2D eigenvalue weighted by Crippen LogP contribution is 2.36. The first-order valence-electron chi connectivity index (χ1n) is 9.52. The fourth-order valence-corrected chi connectivity index (χ4v) is 4.42. The SMILES string of the molecule is CCc1ccc([C@@H](C)NC(=O)[C@@H]2CCN(S(C)(=O)=O)c3cc(Cl)ccc3O2)cc1. The van der Waals surface area contributed by atoms with Gasteiger partial charge in [0.15, 0.2) is 6.10 Å². The van der Waals surface area contributed by atoms with E-state index < -0.39 is 16.1 Å². The molecule has 0 spiro atoms. The summed E-state index contributed by atoms with van der Waals surface area (Å²) in [6, 6.07) is 12.6. The standard InChI is InChI=1S/C21H25ClN2O4S/c1-4-15-5-7-16(8-6-15)14(2)23-21(25)20-11-12-24(29(3,26)27)18-13-17(22)9-10-19(18)28-20/h5-10,13-14,20H,4,11-12H2,1-3H3,(H,23,25)/t14-,20+/m1/s1. The van der Waals surface area contributed by atoms with Gasteiger partial charge in [-0.2, -0.15) is 0 Å². The lowest BCUT2D eigenvalue weighted by atomic mass is 10.0. The van der Waals surface area contributed by atoms with Crippen LogP contribution in [-0.4, -0.2) is 33.2 Å². The maximum Gasteiger partial charge on any atom is 0.261 e. The van der Waals surface area contributed by atoms with Gasteiger partial charge in [-0.15, -0.1) is 0 Å². The zero-order valence-electron chi connectivity index (χ0n) is 16.7. The molecule has 2 aromatic rings. The predicted molar refractivity (Wildman–Crippen MR) is 115 cm³/mol. The lowest BCUT2D eigenvalue weighted by Crippen LogP contribution is -2.40. The number of carbonyl (C=O) groups is 1. The zero-order chi connectivity index (χ0) is 21.2. The highest BCUT2D eigenvalue weighted by molar-refractivity contribution is 7.92. The van der Waals surface area contributed by atoms with Crippen molar-refractivity contribution >= 4 is 33.2 Å². The van der Waals surface area contributed by atoms with Crippen LogP contribution in [0.15, 0.2) is 42.5 Å². The third-order valence-corrected chi connectivity index (χ3v) is 6.41. The molecule has 6 nitrogen and oxygen atoms in total. The Balaban J connectivity index is 1.79. The molecule has 2 aromatic carbocycles. The van der Waals surface area contributed by atoms with Crippen molar-refractivity contribution in [2.24, 2.45) is 0 Å². The molecule has 2 atom stereocenters. The van der Waals surface area contributed by atoms with Gasteiger partial charge >= 0.3 is 0 Å². The van der Waals surface area contributed by atoms with E-state index in [9.17, 15) is 13.2 Å². The number of amides is 1. The molecule has 0 saturated carbocycles. The van der Waals surface area contributed by atoms with E-state index in [4.69, 9.17) is 16.3 Å². The summed E-state index contributed by atoms with van der Waals surface area (Å²) >= 11 is 6.05. The molecule has 1 amide bonds. The van der Waals surface area contributed by atoms with Crippen LogP contribution >= 0.6 is 11.6 Å². The van der Waals surface area contributed by atoms with E-state index in [-0.39, 0.29) is 24.9 Å². The number of anilines is 1. The van der Waals surface area contributed by atoms with Crippen LogP contribution in [0.4, 0.5) is 5.69 Å². The van der Waals surface area contributed by atoms with Crippen LogP contribution < -0.4 is 14.4 Å². The van der Waals surface area contributed by atoms with Gasteiger partial charge in [0.05, 0.1) is 18.0 Å². The van der Waals surface area contributed by atoms with Crippen LogP contribution in [0.25, 0.3) is 0 Å². The van der Waals surface area contributed by atoms with Gasteiger partial charge in [-0.05, 0) is 42.7 Å². The average molecular weight is 437 g/mol. The minimum Gasteiger partial charge on any atom is -0.478 e. The molecule has 1 aliphatic rings. The molecule has 0 aromatic heterocycles.